The quantitative estimate of drug-likeness (QED) is 0.908. The van der Waals surface area contributed by atoms with Crippen LogP contribution < -0.4 is 4.90 Å². The smallest absolute Gasteiger partial charge is 0.314 e. The molecule has 2 aliphatic heterocycles. The molecule has 2 aliphatic rings. The van der Waals surface area contributed by atoms with Crippen LogP contribution >= 0.6 is 11.3 Å². The predicted octanol–water partition coefficient (Wildman–Crippen LogP) is 2.24. The van der Waals surface area contributed by atoms with Crippen molar-refractivity contribution in [2.24, 2.45) is 11.3 Å². The van der Waals surface area contributed by atoms with Crippen LogP contribution in [-0.2, 0) is 9.53 Å². The standard InChI is InChI=1S/C16H19N3O3S/c1-9-10(2)23-14-12(9)13(17-8-18-14)19-5-11-3-4-22-7-16(11,6-19)15(20)21/h8,11H,3-7H2,1-2H3,(H,20,21)/t11-,16+/m0/s1. The van der Waals surface area contributed by atoms with Crippen LogP contribution in [0.2, 0.25) is 0 Å². The summed E-state index contributed by atoms with van der Waals surface area (Å²) in [7, 11) is 0. The Kier molecular flexibility index (Phi) is 3.32. The summed E-state index contributed by atoms with van der Waals surface area (Å²) in [5, 5.41) is 10.9. The number of aliphatic carboxylic acids is 1. The van der Waals surface area contributed by atoms with Gasteiger partial charge in [0, 0.05) is 24.6 Å². The molecule has 23 heavy (non-hydrogen) atoms. The second kappa shape index (κ2) is 5.14. The number of hydrogen-bond donors (Lipinski definition) is 1. The minimum absolute atomic E-state index is 0.110. The molecule has 0 radical (unpaired) electrons. The van der Waals surface area contributed by atoms with Crippen LogP contribution in [0, 0.1) is 25.2 Å². The van der Waals surface area contributed by atoms with Crippen LogP contribution in [0.1, 0.15) is 16.9 Å². The molecule has 2 aromatic heterocycles. The first-order valence-corrected chi connectivity index (χ1v) is 8.61. The fraction of sp³-hybridized carbons (Fsp3) is 0.562. The van der Waals surface area contributed by atoms with Gasteiger partial charge in [-0.05, 0) is 31.7 Å². The maximum Gasteiger partial charge on any atom is 0.314 e. The van der Waals surface area contributed by atoms with Crippen molar-refractivity contribution in [2.45, 2.75) is 20.3 Å². The predicted molar refractivity (Wildman–Crippen MR) is 88.1 cm³/mol. The van der Waals surface area contributed by atoms with Gasteiger partial charge in [-0.3, -0.25) is 4.79 Å². The molecule has 0 aromatic carbocycles. The molecule has 0 bridgehead atoms. The van der Waals surface area contributed by atoms with Crippen LogP contribution in [0.5, 0.6) is 0 Å². The van der Waals surface area contributed by atoms with Gasteiger partial charge in [-0.15, -0.1) is 11.3 Å². The highest BCUT2D eigenvalue weighted by atomic mass is 32.1. The summed E-state index contributed by atoms with van der Waals surface area (Å²) in [5.41, 5.74) is 0.380. The van der Waals surface area contributed by atoms with Crippen LogP contribution in [0.3, 0.4) is 0 Å². The first-order chi connectivity index (χ1) is 11.0. The normalized spacial score (nSPS) is 27.4. The minimum atomic E-state index is -0.811. The third-order valence-corrected chi connectivity index (χ3v) is 6.45. The summed E-state index contributed by atoms with van der Waals surface area (Å²) in [4.78, 5) is 25.1. The molecule has 2 aromatic rings. The van der Waals surface area contributed by atoms with E-state index < -0.39 is 11.4 Å². The van der Waals surface area contributed by atoms with Gasteiger partial charge in [-0.2, -0.15) is 0 Å². The molecule has 122 valence electrons. The Hall–Kier alpha value is -1.73. The number of hydrogen-bond acceptors (Lipinski definition) is 6. The lowest BCUT2D eigenvalue weighted by molar-refractivity contribution is -0.159. The maximum absolute atomic E-state index is 11.9. The van der Waals surface area contributed by atoms with Gasteiger partial charge in [-0.1, -0.05) is 0 Å². The Bertz CT molecular complexity index is 790. The summed E-state index contributed by atoms with van der Waals surface area (Å²) in [6, 6.07) is 0. The summed E-state index contributed by atoms with van der Waals surface area (Å²) < 4.78 is 5.51. The topological polar surface area (TPSA) is 75.5 Å². The Morgan fingerprint density at radius 3 is 3.04 bits per heavy atom. The molecule has 1 N–H and O–H groups in total. The van der Waals surface area contributed by atoms with Gasteiger partial charge >= 0.3 is 5.97 Å². The Morgan fingerprint density at radius 1 is 1.48 bits per heavy atom. The van der Waals surface area contributed by atoms with Crippen LogP contribution in [0.25, 0.3) is 10.2 Å². The van der Waals surface area contributed by atoms with Crippen molar-refractivity contribution in [1.29, 1.82) is 0 Å². The third kappa shape index (κ3) is 2.06. The average molecular weight is 333 g/mol. The number of rotatable bonds is 2. The molecule has 2 fully saturated rings. The van der Waals surface area contributed by atoms with E-state index in [1.165, 1.54) is 10.4 Å². The Morgan fingerprint density at radius 2 is 2.30 bits per heavy atom. The summed E-state index contributed by atoms with van der Waals surface area (Å²) in [6.45, 7) is 6.27. The Balaban J connectivity index is 1.79. The molecule has 0 saturated carbocycles. The van der Waals surface area contributed by atoms with E-state index >= 15 is 0 Å². The van der Waals surface area contributed by atoms with E-state index in [-0.39, 0.29) is 5.92 Å². The summed E-state index contributed by atoms with van der Waals surface area (Å²) in [6.07, 6.45) is 2.37. The molecule has 0 amide bonds. The van der Waals surface area contributed by atoms with Crippen LogP contribution in [0.4, 0.5) is 5.82 Å². The van der Waals surface area contributed by atoms with Crippen LogP contribution in [0.15, 0.2) is 6.33 Å². The van der Waals surface area contributed by atoms with Gasteiger partial charge in [0.15, 0.2) is 0 Å². The number of nitrogens with zero attached hydrogens (tertiary/aromatic N) is 3. The van der Waals surface area contributed by atoms with E-state index in [0.717, 1.165) is 29.0 Å². The van der Waals surface area contributed by atoms with Crippen molar-refractivity contribution < 1.29 is 14.6 Å². The number of ether oxygens (including phenoxy) is 1. The summed E-state index contributed by atoms with van der Waals surface area (Å²) in [5.74, 6) is 0.221. The minimum Gasteiger partial charge on any atom is -0.481 e. The molecule has 6 nitrogen and oxygen atoms in total. The number of thiophene rings is 1. The van der Waals surface area contributed by atoms with Crippen molar-refractivity contribution in [1.82, 2.24) is 9.97 Å². The van der Waals surface area contributed by atoms with Crippen LogP contribution in [-0.4, -0.2) is 47.3 Å². The van der Waals surface area contributed by atoms with Crippen molar-refractivity contribution in [3.05, 3.63) is 16.8 Å². The molecule has 4 heterocycles. The lowest BCUT2D eigenvalue weighted by Crippen LogP contribution is -2.46. The van der Waals surface area contributed by atoms with Crippen molar-refractivity contribution >= 4 is 33.3 Å². The SMILES string of the molecule is Cc1sc2ncnc(N3C[C@@H]4CCOC[C@]4(C(=O)O)C3)c2c1C. The number of anilines is 1. The molecule has 0 spiro atoms. The number of carbonyl (C=O) groups is 1. The number of carboxylic acid groups (broad SMARTS) is 1. The average Bonchev–Trinajstić information content (AvgIpc) is 3.07. The molecular weight excluding hydrogens is 314 g/mol. The number of aromatic nitrogens is 2. The zero-order chi connectivity index (χ0) is 16.2. The van der Waals surface area contributed by atoms with E-state index in [4.69, 9.17) is 4.74 Å². The van der Waals surface area contributed by atoms with E-state index in [1.54, 1.807) is 17.7 Å². The van der Waals surface area contributed by atoms with E-state index in [1.807, 2.05) is 0 Å². The first-order valence-electron chi connectivity index (χ1n) is 7.80. The van der Waals surface area contributed by atoms with Crippen molar-refractivity contribution in [2.75, 3.05) is 31.2 Å². The number of aryl methyl sites for hydroxylation is 2. The second-order valence-corrected chi connectivity index (χ2v) is 7.74. The number of fused-ring (bicyclic) bond motifs is 2. The van der Waals surface area contributed by atoms with Crippen molar-refractivity contribution in [3.63, 3.8) is 0 Å². The molecule has 0 unspecified atom stereocenters. The van der Waals surface area contributed by atoms with E-state index in [2.05, 4.69) is 28.7 Å². The second-order valence-electron chi connectivity index (χ2n) is 6.54. The van der Waals surface area contributed by atoms with Gasteiger partial charge in [-0.25, -0.2) is 9.97 Å². The molecule has 2 saturated heterocycles. The lowest BCUT2D eigenvalue weighted by atomic mass is 9.76. The zero-order valence-corrected chi connectivity index (χ0v) is 14.0. The number of carboxylic acids is 1. The Labute approximate surface area is 138 Å². The first kappa shape index (κ1) is 14.8. The third-order valence-electron chi connectivity index (χ3n) is 5.34. The highest BCUT2D eigenvalue weighted by molar-refractivity contribution is 7.18. The van der Waals surface area contributed by atoms with Gasteiger partial charge in [0.25, 0.3) is 0 Å². The van der Waals surface area contributed by atoms with Gasteiger partial charge < -0.3 is 14.7 Å². The largest absolute Gasteiger partial charge is 0.481 e. The highest BCUT2D eigenvalue weighted by Gasteiger charge is 2.54. The molecule has 7 heteroatoms. The molecular formula is C16H19N3O3S. The fourth-order valence-corrected chi connectivity index (χ4v) is 4.85. The monoisotopic (exact) mass is 333 g/mol. The van der Waals surface area contributed by atoms with Gasteiger partial charge in [0.1, 0.15) is 22.4 Å². The summed E-state index contributed by atoms with van der Waals surface area (Å²) >= 11 is 1.66. The van der Waals surface area contributed by atoms with Gasteiger partial charge in [0.2, 0.25) is 0 Å². The fourth-order valence-electron chi connectivity index (χ4n) is 3.85. The molecule has 2 atom stereocenters. The maximum atomic E-state index is 11.9. The van der Waals surface area contributed by atoms with E-state index in [0.29, 0.717) is 19.8 Å². The van der Waals surface area contributed by atoms with Crippen molar-refractivity contribution in [3.8, 4) is 0 Å². The zero-order valence-electron chi connectivity index (χ0n) is 13.2. The molecule has 4 rings (SSSR count). The van der Waals surface area contributed by atoms with E-state index in [9.17, 15) is 9.90 Å². The lowest BCUT2D eigenvalue weighted by Gasteiger charge is -2.33. The molecule has 0 aliphatic carbocycles. The highest BCUT2D eigenvalue weighted by Crippen LogP contribution is 2.45. The van der Waals surface area contributed by atoms with Gasteiger partial charge in [0.05, 0.1) is 12.0 Å².